The molecule has 0 saturated heterocycles. The summed E-state index contributed by atoms with van der Waals surface area (Å²) in [7, 11) is 0. The summed E-state index contributed by atoms with van der Waals surface area (Å²) in [5.41, 5.74) is 5.71. The third-order valence-electron chi connectivity index (χ3n) is 2.00. The molecular formula is C10H14N2O3S. The first-order valence-corrected chi connectivity index (χ1v) is 5.69. The highest BCUT2D eigenvalue weighted by Crippen LogP contribution is 2.25. The molecule has 0 aliphatic rings. The van der Waals surface area contributed by atoms with Crippen molar-refractivity contribution >= 4 is 23.4 Å². The molecule has 1 aromatic heterocycles. The molecule has 1 atom stereocenters. The van der Waals surface area contributed by atoms with Crippen LogP contribution in [-0.4, -0.2) is 33.0 Å². The smallest absolute Gasteiger partial charge is 0.337 e. The minimum absolute atomic E-state index is 0.0636. The Bertz CT molecular complexity index is 384. The lowest BCUT2D eigenvalue weighted by atomic mass is 10.2. The summed E-state index contributed by atoms with van der Waals surface area (Å²) < 4.78 is 0. The van der Waals surface area contributed by atoms with Crippen molar-refractivity contribution in [2.75, 3.05) is 12.3 Å². The fraction of sp³-hybridized carbons (Fsp3) is 0.400. The molecule has 0 saturated carbocycles. The molecule has 0 fully saturated rings. The lowest BCUT2D eigenvalue weighted by Crippen LogP contribution is -2.05. The van der Waals surface area contributed by atoms with Gasteiger partial charge in [-0.2, -0.15) is 0 Å². The van der Waals surface area contributed by atoms with Crippen LogP contribution >= 0.6 is 11.8 Å². The fourth-order valence-electron chi connectivity index (χ4n) is 1.14. The first-order valence-electron chi connectivity index (χ1n) is 4.81. The molecule has 1 aromatic rings. The summed E-state index contributed by atoms with van der Waals surface area (Å²) in [6.45, 7) is 2.05. The Hall–Kier alpha value is -1.27. The van der Waals surface area contributed by atoms with Crippen molar-refractivity contribution in [3.63, 3.8) is 0 Å². The highest BCUT2D eigenvalue weighted by atomic mass is 32.2. The van der Waals surface area contributed by atoms with E-state index in [2.05, 4.69) is 4.98 Å². The van der Waals surface area contributed by atoms with Crippen LogP contribution in [-0.2, 0) is 0 Å². The Balaban J connectivity index is 2.82. The van der Waals surface area contributed by atoms with Crippen molar-refractivity contribution in [3.05, 3.63) is 17.8 Å². The molecule has 0 aromatic carbocycles. The molecule has 0 aliphatic heterocycles. The molecule has 88 valence electrons. The van der Waals surface area contributed by atoms with Crippen LogP contribution in [0.5, 0.6) is 0 Å². The number of carboxylic acids is 1. The molecule has 1 rings (SSSR count). The van der Waals surface area contributed by atoms with E-state index in [0.717, 1.165) is 0 Å². The number of pyridine rings is 1. The number of rotatable bonds is 5. The molecule has 0 spiro atoms. The first-order chi connectivity index (χ1) is 7.54. The highest BCUT2D eigenvalue weighted by molar-refractivity contribution is 7.99. The first kappa shape index (κ1) is 12.8. The van der Waals surface area contributed by atoms with Gasteiger partial charge in [-0.15, -0.1) is 11.8 Å². The Labute approximate surface area is 97.7 Å². The number of aromatic nitrogens is 1. The zero-order chi connectivity index (χ0) is 12.1. The number of carboxylic acid groups (broad SMARTS) is 1. The monoisotopic (exact) mass is 242 g/mol. The van der Waals surface area contributed by atoms with E-state index in [9.17, 15) is 4.79 Å². The lowest BCUT2D eigenvalue weighted by Gasteiger charge is -2.09. The van der Waals surface area contributed by atoms with Crippen molar-refractivity contribution in [2.24, 2.45) is 0 Å². The zero-order valence-electron chi connectivity index (χ0n) is 8.88. The lowest BCUT2D eigenvalue weighted by molar-refractivity contribution is 0.0697. The summed E-state index contributed by atoms with van der Waals surface area (Å²) >= 11 is 1.42. The van der Waals surface area contributed by atoms with E-state index in [1.165, 1.54) is 24.0 Å². The van der Waals surface area contributed by atoms with Gasteiger partial charge in [0.2, 0.25) is 0 Å². The van der Waals surface area contributed by atoms with E-state index in [1.54, 1.807) is 0 Å². The van der Waals surface area contributed by atoms with Crippen LogP contribution in [0, 0.1) is 0 Å². The molecule has 1 heterocycles. The molecule has 6 heteroatoms. The average molecular weight is 242 g/mol. The molecule has 16 heavy (non-hydrogen) atoms. The van der Waals surface area contributed by atoms with Gasteiger partial charge in [-0.05, 0) is 12.5 Å². The summed E-state index contributed by atoms with van der Waals surface area (Å²) in [5.74, 6) is -1.06. The normalized spacial score (nSPS) is 12.4. The summed E-state index contributed by atoms with van der Waals surface area (Å²) in [6.07, 6.45) is 1.98. The van der Waals surface area contributed by atoms with Crippen LogP contribution in [0.2, 0.25) is 0 Å². The number of aromatic carboxylic acids is 1. The summed E-state index contributed by atoms with van der Waals surface area (Å²) in [6, 6.07) is 1.45. The van der Waals surface area contributed by atoms with Crippen molar-refractivity contribution in [1.29, 1.82) is 0 Å². The van der Waals surface area contributed by atoms with E-state index in [1.807, 2.05) is 6.92 Å². The fourth-order valence-corrected chi connectivity index (χ4v) is 2.08. The van der Waals surface area contributed by atoms with Crippen LogP contribution < -0.4 is 5.73 Å². The number of aliphatic hydroxyl groups excluding tert-OH is 1. The van der Waals surface area contributed by atoms with Gasteiger partial charge in [0.15, 0.2) is 0 Å². The van der Waals surface area contributed by atoms with E-state index in [4.69, 9.17) is 15.9 Å². The third kappa shape index (κ3) is 3.39. The maximum Gasteiger partial charge on any atom is 0.337 e. The number of hydrogen-bond acceptors (Lipinski definition) is 5. The molecular weight excluding hydrogens is 228 g/mol. The number of carbonyl (C=O) groups is 1. The van der Waals surface area contributed by atoms with Crippen LogP contribution in [0.15, 0.2) is 17.3 Å². The Morgan fingerprint density at radius 1 is 1.69 bits per heavy atom. The second-order valence-electron chi connectivity index (χ2n) is 3.36. The van der Waals surface area contributed by atoms with Gasteiger partial charge in [0, 0.05) is 11.9 Å². The maximum absolute atomic E-state index is 10.8. The van der Waals surface area contributed by atoms with Crippen molar-refractivity contribution < 1.29 is 15.0 Å². The number of aliphatic hydroxyl groups is 1. The van der Waals surface area contributed by atoms with Gasteiger partial charge in [0.25, 0.3) is 0 Å². The largest absolute Gasteiger partial charge is 0.478 e. The van der Waals surface area contributed by atoms with Crippen LogP contribution in [0.25, 0.3) is 0 Å². The number of hydrogen-bond donors (Lipinski definition) is 3. The zero-order valence-corrected chi connectivity index (χ0v) is 9.70. The molecule has 0 radical (unpaired) electrons. The van der Waals surface area contributed by atoms with Gasteiger partial charge in [0.05, 0.1) is 22.5 Å². The summed E-state index contributed by atoms with van der Waals surface area (Å²) in [4.78, 5) is 14.9. The molecule has 4 N–H and O–H groups in total. The van der Waals surface area contributed by atoms with Gasteiger partial charge in [0.1, 0.15) is 0 Å². The van der Waals surface area contributed by atoms with Gasteiger partial charge in [-0.1, -0.05) is 6.92 Å². The van der Waals surface area contributed by atoms with Crippen molar-refractivity contribution in [1.82, 2.24) is 4.98 Å². The number of nitrogens with two attached hydrogens (primary N) is 1. The topological polar surface area (TPSA) is 96.4 Å². The number of anilines is 1. The highest BCUT2D eigenvalue weighted by Gasteiger charge is 2.11. The molecule has 1 unspecified atom stereocenters. The second kappa shape index (κ2) is 5.72. The van der Waals surface area contributed by atoms with E-state index >= 15 is 0 Å². The Kier molecular flexibility index (Phi) is 4.57. The SMILES string of the molecule is CC(CCO)Sc1cc(C(=O)O)c(N)cn1. The summed E-state index contributed by atoms with van der Waals surface area (Å²) in [5, 5.41) is 18.4. The number of thioether (sulfide) groups is 1. The number of nitrogen functional groups attached to an aromatic ring is 1. The third-order valence-corrected chi connectivity index (χ3v) is 3.10. The minimum atomic E-state index is -1.06. The Morgan fingerprint density at radius 2 is 2.38 bits per heavy atom. The van der Waals surface area contributed by atoms with Gasteiger partial charge >= 0.3 is 5.97 Å². The van der Waals surface area contributed by atoms with E-state index in [-0.39, 0.29) is 23.1 Å². The average Bonchev–Trinajstić information content (AvgIpc) is 2.21. The van der Waals surface area contributed by atoms with Crippen LogP contribution in [0.3, 0.4) is 0 Å². The van der Waals surface area contributed by atoms with Gasteiger partial charge in [-0.3, -0.25) is 0 Å². The Morgan fingerprint density at radius 3 is 2.94 bits per heavy atom. The van der Waals surface area contributed by atoms with Gasteiger partial charge in [-0.25, -0.2) is 9.78 Å². The number of nitrogens with zero attached hydrogens (tertiary/aromatic N) is 1. The predicted octanol–water partition coefficient (Wildman–Crippen LogP) is 1.23. The van der Waals surface area contributed by atoms with Crippen LogP contribution in [0.1, 0.15) is 23.7 Å². The molecule has 0 aliphatic carbocycles. The van der Waals surface area contributed by atoms with Gasteiger partial charge < -0.3 is 15.9 Å². The predicted molar refractivity (Wildman–Crippen MR) is 62.6 cm³/mol. The van der Waals surface area contributed by atoms with E-state index in [0.29, 0.717) is 11.4 Å². The van der Waals surface area contributed by atoms with Crippen molar-refractivity contribution in [3.8, 4) is 0 Å². The van der Waals surface area contributed by atoms with Crippen molar-refractivity contribution in [2.45, 2.75) is 23.6 Å². The minimum Gasteiger partial charge on any atom is -0.478 e. The molecule has 5 nitrogen and oxygen atoms in total. The second-order valence-corrected chi connectivity index (χ2v) is 4.81. The molecule has 0 bridgehead atoms. The molecule has 0 amide bonds. The maximum atomic E-state index is 10.8. The van der Waals surface area contributed by atoms with Crippen LogP contribution in [0.4, 0.5) is 5.69 Å². The quantitative estimate of drug-likeness (QED) is 0.672. The standard InChI is InChI=1S/C10H14N2O3S/c1-6(2-3-13)16-9-4-7(10(14)15)8(11)5-12-9/h4-6,13H,2-3,11H2,1H3,(H,14,15). The van der Waals surface area contributed by atoms with E-state index < -0.39 is 5.97 Å².